The summed E-state index contributed by atoms with van der Waals surface area (Å²) in [6.07, 6.45) is 0.316. The topological polar surface area (TPSA) is 70.8 Å². The van der Waals surface area contributed by atoms with E-state index in [2.05, 4.69) is 0 Å². The monoisotopic (exact) mass is 285 g/mol. The van der Waals surface area contributed by atoms with E-state index in [1.807, 2.05) is 24.3 Å². The summed E-state index contributed by atoms with van der Waals surface area (Å²) < 4.78 is 5.33. The van der Waals surface area contributed by atoms with Crippen LogP contribution in [0.4, 0.5) is 0 Å². The molecule has 0 saturated heterocycles. The van der Waals surface area contributed by atoms with Crippen molar-refractivity contribution in [2.45, 2.75) is 25.9 Å². The predicted octanol–water partition coefficient (Wildman–Crippen LogP) is 2.24. The number of fused-ring (bicyclic) bond motifs is 1. The van der Waals surface area contributed by atoms with Crippen LogP contribution in [0.25, 0.3) is 0 Å². The van der Waals surface area contributed by atoms with Crippen LogP contribution in [0.1, 0.15) is 27.4 Å². The number of nitrogens with zero attached hydrogens (tertiary/aromatic N) is 1. The number of aryl methyl sites for hydroxylation is 1. The van der Waals surface area contributed by atoms with Gasteiger partial charge in [0.05, 0.1) is 0 Å². The number of benzene rings is 1. The molecule has 1 amide bonds. The first-order chi connectivity index (χ1) is 10.1. The zero-order valence-corrected chi connectivity index (χ0v) is 11.6. The Morgan fingerprint density at radius 1 is 1.19 bits per heavy atom. The second-order valence-corrected chi connectivity index (χ2v) is 5.17. The summed E-state index contributed by atoms with van der Waals surface area (Å²) in [4.78, 5) is 25.4. The van der Waals surface area contributed by atoms with Crippen LogP contribution in [-0.4, -0.2) is 27.9 Å². The minimum atomic E-state index is -0.999. The highest BCUT2D eigenvalue weighted by atomic mass is 16.4. The number of furan rings is 1. The van der Waals surface area contributed by atoms with E-state index in [4.69, 9.17) is 4.42 Å². The molecule has 5 heteroatoms. The molecule has 3 rings (SSSR count). The Bertz CT molecular complexity index is 704. The lowest BCUT2D eigenvalue weighted by Crippen LogP contribution is -2.48. The zero-order valence-electron chi connectivity index (χ0n) is 11.6. The predicted molar refractivity (Wildman–Crippen MR) is 74.9 cm³/mol. The second kappa shape index (κ2) is 5.09. The highest BCUT2D eigenvalue weighted by molar-refractivity contribution is 5.94. The third-order valence-corrected chi connectivity index (χ3v) is 3.75. The van der Waals surface area contributed by atoms with Crippen molar-refractivity contribution in [1.29, 1.82) is 0 Å². The largest absolute Gasteiger partial charge is 0.480 e. The summed E-state index contributed by atoms with van der Waals surface area (Å²) in [7, 11) is 0. The first-order valence-corrected chi connectivity index (χ1v) is 6.73. The lowest BCUT2D eigenvalue weighted by molar-refractivity contribution is -0.142. The maximum atomic E-state index is 12.5. The second-order valence-electron chi connectivity index (χ2n) is 5.17. The van der Waals surface area contributed by atoms with Gasteiger partial charge in [0.1, 0.15) is 11.8 Å². The molecule has 2 heterocycles. The van der Waals surface area contributed by atoms with Crippen LogP contribution in [-0.2, 0) is 17.8 Å². The molecule has 2 aromatic rings. The van der Waals surface area contributed by atoms with Crippen molar-refractivity contribution in [3.8, 4) is 0 Å². The SMILES string of the molecule is Cc1ccc(C(=O)N2Cc3ccccc3C[C@H]2C(=O)O)o1. The maximum absolute atomic E-state index is 12.5. The van der Waals surface area contributed by atoms with Gasteiger partial charge in [-0.3, -0.25) is 4.79 Å². The molecule has 108 valence electrons. The summed E-state index contributed by atoms with van der Waals surface area (Å²) >= 11 is 0. The van der Waals surface area contributed by atoms with E-state index >= 15 is 0 Å². The molecule has 5 nitrogen and oxygen atoms in total. The molecular weight excluding hydrogens is 270 g/mol. The van der Waals surface area contributed by atoms with Crippen molar-refractivity contribution in [3.05, 3.63) is 59.0 Å². The van der Waals surface area contributed by atoms with Crippen molar-refractivity contribution in [2.75, 3.05) is 0 Å². The van der Waals surface area contributed by atoms with Crippen molar-refractivity contribution >= 4 is 11.9 Å². The average Bonchev–Trinajstić information content (AvgIpc) is 2.91. The smallest absolute Gasteiger partial charge is 0.326 e. The van der Waals surface area contributed by atoms with E-state index < -0.39 is 12.0 Å². The standard InChI is InChI=1S/C16H15NO4/c1-10-6-7-14(21-10)15(18)17-9-12-5-3-2-4-11(12)8-13(17)16(19)20/h2-7,13H,8-9H2,1H3,(H,19,20)/t13-/m0/s1. The number of carbonyl (C=O) groups excluding carboxylic acids is 1. The molecule has 1 aliphatic heterocycles. The molecule has 0 aliphatic carbocycles. The van der Waals surface area contributed by atoms with Crippen LogP contribution < -0.4 is 0 Å². The fourth-order valence-corrected chi connectivity index (χ4v) is 2.65. The lowest BCUT2D eigenvalue weighted by atomic mass is 9.94. The van der Waals surface area contributed by atoms with Crippen molar-refractivity contribution in [3.63, 3.8) is 0 Å². The molecule has 1 aliphatic rings. The highest BCUT2D eigenvalue weighted by Crippen LogP contribution is 2.25. The van der Waals surface area contributed by atoms with Gasteiger partial charge in [0, 0.05) is 13.0 Å². The molecule has 0 radical (unpaired) electrons. The molecule has 21 heavy (non-hydrogen) atoms. The lowest BCUT2D eigenvalue weighted by Gasteiger charge is -2.33. The molecule has 0 bridgehead atoms. The Balaban J connectivity index is 1.96. The number of aliphatic carboxylic acids is 1. The fraction of sp³-hybridized carbons (Fsp3) is 0.250. The van der Waals surface area contributed by atoms with Gasteiger partial charge in [-0.25, -0.2) is 4.79 Å². The maximum Gasteiger partial charge on any atom is 0.326 e. The van der Waals surface area contributed by atoms with Gasteiger partial charge in [-0.15, -0.1) is 0 Å². The highest BCUT2D eigenvalue weighted by Gasteiger charge is 2.35. The molecule has 1 atom stereocenters. The number of rotatable bonds is 2. The minimum absolute atomic E-state index is 0.179. The molecule has 1 N–H and O–H groups in total. The molecule has 1 aromatic carbocycles. The van der Waals surface area contributed by atoms with E-state index in [1.165, 1.54) is 4.90 Å². The Hall–Kier alpha value is -2.56. The van der Waals surface area contributed by atoms with E-state index in [9.17, 15) is 14.7 Å². The molecule has 0 fully saturated rings. The Morgan fingerprint density at radius 3 is 2.52 bits per heavy atom. The van der Waals surface area contributed by atoms with Crippen molar-refractivity contribution < 1.29 is 19.1 Å². The Morgan fingerprint density at radius 2 is 1.90 bits per heavy atom. The van der Waals surface area contributed by atoms with Gasteiger partial charge >= 0.3 is 5.97 Å². The number of hydrogen-bond acceptors (Lipinski definition) is 3. The van der Waals surface area contributed by atoms with Crippen LogP contribution in [0.15, 0.2) is 40.8 Å². The molecular formula is C16H15NO4. The third-order valence-electron chi connectivity index (χ3n) is 3.75. The quantitative estimate of drug-likeness (QED) is 0.918. The van der Waals surface area contributed by atoms with Crippen molar-refractivity contribution in [1.82, 2.24) is 4.90 Å². The molecule has 1 aromatic heterocycles. The Kier molecular flexibility index (Phi) is 3.25. The number of carboxylic acid groups (broad SMARTS) is 1. The van der Waals surface area contributed by atoms with Gasteiger partial charge in [0.15, 0.2) is 5.76 Å². The first-order valence-electron chi connectivity index (χ1n) is 6.73. The summed E-state index contributed by atoms with van der Waals surface area (Å²) in [5.74, 6) is -0.577. The average molecular weight is 285 g/mol. The summed E-state index contributed by atoms with van der Waals surface area (Å²) in [6, 6.07) is 10.0. The number of hydrogen-bond donors (Lipinski definition) is 1. The van der Waals surface area contributed by atoms with E-state index in [1.54, 1.807) is 19.1 Å². The number of carboxylic acids is 1. The van der Waals surface area contributed by atoms with Crippen LogP contribution in [0, 0.1) is 6.92 Å². The van der Waals surface area contributed by atoms with E-state index in [0.717, 1.165) is 11.1 Å². The van der Waals surface area contributed by atoms with E-state index in [-0.39, 0.29) is 18.2 Å². The van der Waals surface area contributed by atoms with Gasteiger partial charge in [-0.1, -0.05) is 24.3 Å². The fourth-order valence-electron chi connectivity index (χ4n) is 2.65. The normalized spacial score (nSPS) is 17.4. The summed E-state index contributed by atoms with van der Waals surface area (Å²) in [6.45, 7) is 2.03. The van der Waals surface area contributed by atoms with Gasteiger partial charge in [0.25, 0.3) is 5.91 Å². The summed E-state index contributed by atoms with van der Waals surface area (Å²) in [5, 5.41) is 9.41. The molecule has 0 unspecified atom stereocenters. The first kappa shape index (κ1) is 13.4. The number of carbonyl (C=O) groups is 2. The van der Waals surface area contributed by atoms with Gasteiger partial charge < -0.3 is 14.4 Å². The van der Waals surface area contributed by atoms with Crippen LogP contribution in [0.3, 0.4) is 0 Å². The third kappa shape index (κ3) is 2.42. The van der Waals surface area contributed by atoms with Crippen LogP contribution in [0.5, 0.6) is 0 Å². The van der Waals surface area contributed by atoms with Crippen LogP contribution >= 0.6 is 0 Å². The van der Waals surface area contributed by atoms with Gasteiger partial charge in [-0.2, -0.15) is 0 Å². The van der Waals surface area contributed by atoms with E-state index in [0.29, 0.717) is 12.2 Å². The van der Waals surface area contributed by atoms with Crippen molar-refractivity contribution in [2.24, 2.45) is 0 Å². The molecule has 0 spiro atoms. The number of amides is 1. The zero-order chi connectivity index (χ0) is 15.0. The van der Waals surface area contributed by atoms with Crippen LogP contribution in [0.2, 0.25) is 0 Å². The van der Waals surface area contributed by atoms with Gasteiger partial charge in [-0.05, 0) is 30.2 Å². The molecule has 0 saturated carbocycles. The van der Waals surface area contributed by atoms with Gasteiger partial charge in [0.2, 0.25) is 0 Å². The minimum Gasteiger partial charge on any atom is -0.480 e. The Labute approximate surface area is 121 Å². The summed E-state index contributed by atoms with van der Waals surface area (Å²) in [5.41, 5.74) is 1.95.